The number of aromatic nitrogens is 4. The first-order chi connectivity index (χ1) is 15.9. The van der Waals surface area contributed by atoms with Crippen molar-refractivity contribution in [2.45, 2.75) is 44.9 Å². The van der Waals surface area contributed by atoms with Gasteiger partial charge in [0.15, 0.2) is 0 Å². The summed E-state index contributed by atoms with van der Waals surface area (Å²) in [5.41, 5.74) is 0.492. The van der Waals surface area contributed by atoms with E-state index in [9.17, 15) is 31.1 Å². The molecule has 1 atom stereocenters. The van der Waals surface area contributed by atoms with Crippen molar-refractivity contribution in [1.82, 2.24) is 25.1 Å². The van der Waals surface area contributed by atoms with Crippen LogP contribution in [0.3, 0.4) is 0 Å². The van der Waals surface area contributed by atoms with E-state index in [0.717, 1.165) is 24.5 Å². The van der Waals surface area contributed by atoms with Crippen LogP contribution in [0.5, 0.6) is 5.88 Å². The molecule has 1 aliphatic rings. The van der Waals surface area contributed by atoms with Crippen LogP contribution < -0.4 is 10.1 Å². The number of rotatable bonds is 4. The third-order valence-corrected chi connectivity index (χ3v) is 5.22. The van der Waals surface area contributed by atoms with Gasteiger partial charge >= 0.3 is 12.5 Å². The van der Waals surface area contributed by atoms with Gasteiger partial charge in [0.25, 0.3) is 5.91 Å². The minimum Gasteiger partial charge on any atom is -0.388 e. The highest BCUT2D eigenvalue weighted by Crippen LogP contribution is 2.34. The lowest BCUT2D eigenvalue weighted by molar-refractivity contribution is -0.276. The van der Waals surface area contributed by atoms with Crippen LogP contribution in [0.2, 0.25) is 0 Å². The van der Waals surface area contributed by atoms with Gasteiger partial charge in [-0.15, -0.1) is 13.2 Å². The number of hydrogen-bond donors (Lipinski definition) is 1. The molecular formula is C21H17F6N5O2. The van der Waals surface area contributed by atoms with Crippen LogP contribution in [0, 0.1) is 6.92 Å². The standard InChI is InChI=1S/C21H17F6N5O2/c1-11-10-29-17(20(22,23)24)8-13(11)15-9-16-14(3-2-6-32(16)31-15)30-19(33)12-4-5-28-18(7-12)34-21(25,26)27/h4-5,7-10,14H,2-3,6H2,1H3,(H,30,33)/t14-/m0/s1. The van der Waals surface area contributed by atoms with Gasteiger partial charge in [-0.05, 0) is 43.5 Å². The number of alkyl halides is 6. The number of amides is 1. The molecule has 34 heavy (non-hydrogen) atoms. The summed E-state index contributed by atoms with van der Waals surface area (Å²) in [5.74, 6) is -1.43. The van der Waals surface area contributed by atoms with E-state index in [4.69, 9.17) is 0 Å². The van der Waals surface area contributed by atoms with E-state index in [1.54, 1.807) is 17.7 Å². The maximum atomic E-state index is 13.1. The predicted molar refractivity (Wildman–Crippen MR) is 106 cm³/mol. The van der Waals surface area contributed by atoms with Gasteiger partial charge in [-0.2, -0.15) is 18.3 Å². The monoisotopic (exact) mass is 485 g/mol. The molecule has 1 amide bonds. The summed E-state index contributed by atoms with van der Waals surface area (Å²) in [6, 6.07) is 4.08. The van der Waals surface area contributed by atoms with Crippen molar-refractivity contribution in [2.75, 3.05) is 0 Å². The van der Waals surface area contributed by atoms with E-state index in [1.807, 2.05) is 0 Å². The molecule has 1 N–H and O–H groups in total. The smallest absolute Gasteiger partial charge is 0.388 e. The molecule has 0 radical (unpaired) electrons. The Morgan fingerprint density at radius 1 is 1.15 bits per heavy atom. The second-order valence-electron chi connectivity index (χ2n) is 7.66. The summed E-state index contributed by atoms with van der Waals surface area (Å²) >= 11 is 0. The largest absolute Gasteiger partial charge is 0.574 e. The van der Waals surface area contributed by atoms with Crippen molar-refractivity contribution in [3.05, 3.63) is 59.2 Å². The second-order valence-corrected chi connectivity index (χ2v) is 7.66. The van der Waals surface area contributed by atoms with E-state index in [-0.39, 0.29) is 11.1 Å². The fourth-order valence-electron chi connectivity index (χ4n) is 3.68. The fraction of sp³-hybridized carbons (Fsp3) is 0.333. The van der Waals surface area contributed by atoms with Gasteiger partial charge in [0, 0.05) is 36.1 Å². The molecule has 0 aliphatic carbocycles. The Kier molecular flexibility index (Phi) is 5.96. The Morgan fingerprint density at radius 3 is 2.62 bits per heavy atom. The maximum Gasteiger partial charge on any atom is 0.574 e. The Hall–Kier alpha value is -3.64. The van der Waals surface area contributed by atoms with Gasteiger partial charge in [0.1, 0.15) is 5.69 Å². The zero-order chi connectivity index (χ0) is 24.7. The highest BCUT2D eigenvalue weighted by Gasteiger charge is 2.34. The van der Waals surface area contributed by atoms with Gasteiger partial charge in [-0.3, -0.25) is 14.5 Å². The molecule has 13 heteroatoms. The zero-order valence-electron chi connectivity index (χ0n) is 17.5. The Morgan fingerprint density at radius 2 is 1.91 bits per heavy atom. The molecule has 3 aromatic heterocycles. The molecular weight excluding hydrogens is 468 g/mol. The molecule has 0 saturated heterocycles. The molecule has 0 aromatic carbocycles. The first kappa shape index (κ1) is 23.5. The Balaban J connectivity index is 1.59. The topological polar surface area (TPSA) is 81.9 Å². The molecule has 0 saturated carbocycles. The summed E-state index contributed by atoms with van der Waals surface area (Å²) in [6.07, 6.45) is -6.29. The number of halogens is 6. The molecule has 0 fully saturated rings. The van der Waals surface area contributed by atoms with Crippen molar-refractivity contribution < 1.29 is 35.9 Å². The molecule has 0 unspecified atom stereocenters. The molecule has 0 bridgehead atoms. The lowest BCUT2D eigenvalue weighted by Gasteiger charge is -2.24. The molecule has 1 aliphatic heterocycles. The molecule has 7 nitrogen and oxygen atoms in total. The molecule has 3 aromatic rings. The van der Waals surface area contributed by atoms with Crippen LogP contribution in [-0.4, -0.2) is 32.0 Å². The highest BCUT2D eigenvalue weighted by molar-refractivity contribution is 5.94. The molecule has 4 heterocycles. The fourth-order valence-corrected chi connectivity index (χ4v) is 3.68. The minimum atomic E-state index is -4.95. The van der Waals surface area contributed by atoms with Crippen LogP contribution in [0.1, 0.15) is 46.2 Å². The third-order valence-electron chi connectivity index (χ3n) is 5.22. The number of carbonyl (C=O) groups excluding carboxylic acids is 1. The number of hydrogen-bond acceptors (Lipinski definition) is 5. The lowest BCUT2D eigenvalue weighted by Crippen LogP contribution is -2.32. The SMILES string of the molecule is Cc1cnc(C(F)(F)F)cc1-c1cc2n(n1)CCC[C@@H]2NC(=O)c1ccnc(OC(F)(F)F)c1. The average molecular weight is 485 g/mol. The van der Waals surface area contributed by atoms with Gasteiger partial charge in [0.05, 0.1) is 17.4 Å². The molecule has 0 spiro atoms. The van der Waals surface area contributed by atoms with Crippen molar-refractivity contribution in [3.63, 3.8) is 0 Å². The van der Waals surface area contributed by atoms with Crippen LogP contribution in [0.25, 0.3) is 11.3 Å². The Labute approximate surface area is 188 Å². The maximum absolute atomic E-state index is 13.1. The lowest BCUT2D eigenvalue weighted by atomic mass is 10.0. The third kappa shape index (κ3) is 5.13. The van der Waals surface area contributed by atoms with Crippen molar-refractivity contribution in [1.29, 1.82) is 0 Å². The summed E-state index contributed by atoms with van der Waals surface area (Å²) < 4.78 is 82.0. The summed E-state index contributed by atoms with van der Waals surface area (Å²) in [4.78, 5) is 19.6. The number of carbonyl (C=O) groups is 1. The number of nitrogens with zero attached hydrogens (tertiary/aromatic N) is 4. The summed E-state index contributed by atoms with van der Waals surface area (Å²) in [5, 5.41) is 7.14. The summed E-state index contributed by atoms with van der Waals surface area (Å²) in [7, 11) is 0. The average Bonchev–Trinajstić information content (AvgIpc) is 3.17. The van der Waals surface area contributed by atoms with E-state index >= 15 is 0 Å². The van der Waals surface area contributed by atoms with E-state index in [2.05, 4.69) is 25.1 Å². The highest BCUT2D eigenvalue weighted by atomic mass is 19.4. The van der Waals surface area contributed by atoms with Gasteiger partial charge < -0.3 is 10.1 Å². The zero-order valence-corrected chi connectivity index (χ0v) is 17.5. The van der Waals surface area contributed by atoms with Crippen LogP contribution in [0.4, 0.5) is 26.3 Å². The van der Waals surface area contributed by atoms with Gasteiger partial charge in [-0.25, -0.2) is 4.98 Å². The Bertz CT molecular complexity index is 1220. The number of fused-ring (bicyclic) bond motifs is 1. The first-order valence-electron chi connectivity index (χ1n) is 10.1. The second kappa shape index (κ2) is 8.61. The van der Waals surface area contributed by atoms with Crippen molar-refractivity contribution in [2.24, 2.45) is 0 Å². The molecule has 180 valence electrons. The van der Waals surface area contributed by atoms with Gasteiger partial charge in [0.2, 0.25) is 5.88 Å². The van der Waals surface area contributed by atoms with Crippen molar-refractivity contribution in [3.8, 4) is 17.1 Å². The van der Waals surface area contributed by atoms with Crippen LogP contribution >= 0.6 is 0 Å². The number of nitrogens with one attached hydrogen (secondary N) is 1. The number of ether oxygens (including phenoxy) is 1. The van der Waals surface area contributed by atoms with Crippen molar-refractivity contribution >= 4 is 5.91 Å². The van der Waals surface area contributed by atoms with Gasteiger partial charge in [-0.1, -0.05) is 0 Å². The van der Waals surface area contributed by atoms with E-state index in [1.165, 1.54) is 6.07 Å². The van der Waals surface area contributed by atoms with Crippen LogP contribution in [0.15, 0.2) is 36.7 Å². The minimum absolute atomic E-state index is 0.0918. The van der Waals surface area contributed by atoms with E-state index in [0.29, 0.717) is 36.3 Å². The predicted octanol–water partition coefficient (Wildman–Crippen LogP) is 4.83. The molecule has 4 rings (SSSR count). The van der Waals surface area contributed by atoms with E-state index < -0.39 is 36.1 Å². The quantitative estimate of drug-likeness (QED) is 0.536. The number of aryl methyl sites for hydroxylation is 2. The normalized spacial score (nSPS) is 16.1. The first-order valence-corrected chi connectivity index (χ1v) is 10.1. The summed E-state index contributed by atoms with van der Waals surface area (Å²) in [6.45, 7) is 2.11. The number of pyridine rings is 2. The van der Waals surface area contributed by atoms with Crippen LogP contribution in [-0.2, 0) is 12.7 Å².